The van der Waals surface area contributed by atoms with Crippen molar-refractivity contribution in [3.05, 3.63) is 138 Å². The number of benzene rings is 4. The first-order chi connectivity index (χ1) is 21.1. The number of anilines is 2. The normalized spacial score (nSPS) is 11.1. The average molecular weight is 595 g/mol. The first-order valence-electron chi connectivity index (χ1n) is 13.8. The monoisotopic (exact) mass is 594 g/mol. The van der Waals surface area contributed by atoms with Gasteiger partial charge < -0.3 is 15.5 Å². The number of rotatable bonds is 8. The summed E-state index contributed by atoms with van der Waals surface area (Å²) in [5, 5.41) is 5.70. The molecule has 0 atom stereocenters. The Kier molecular flexibility index (Phi) is 8.76. The lowest BCUT2D eigenvalue weighted by Crippen LogP contribution is -2.23. The van der Waals surface area contributed by atoms with Crippen LogP contribution in [0, 0.1) is 0 Å². The Hall–Kier alpha value is -5.44. The molecule has 6 nitrogen and oxygen atoms in total. The second-order valence-electron chi connectivity index (χ2n) is 10.3. The highest BCUT2D eigenvalue weighted by molar-refractivity contribution is 6.09. The quantitative estimate of drug-likeness (QED) is 0.193. The van der Waals surface area contributed by atoms with Crippen LogP contribution in [0.5, 0.6) is 0 Å². The molecular formula is C35H29F3N4O2. The van der Waals surface area contributed by atoms with E-state index in [9.17, 15) is 22.8 Å². The van der Waals surface area contributed by atoms with E-state index in [4.69, 9.17) is 0 Å². The van der Waals surface area contributed by atoms with Gasteiger partial charge in [0.15, 0.2) is 0 Å². The van der Waals surface area contributed by atoms with Crippen LogP contribution in [0.2, 0.25) is 0 Å². The Bertz CT molecular complexity index is 1770. The van der Waals surface area contributed by atoms with E-state index in [0.717, 1.165) is 34.6 Å². The van der Waals surface area contributed by atoms with Crippen molar-refractivity contribution in [2.24, 2.45) is 0 Å². The second-order valence-corrected chi connectivity index (χ2v) is 10.3. The van der Waals surface area contributed by atoms with Crippen LogP contribution in [0.4, 0.5) is 24.5 Å². The van der Waals surface area contributed by atoms with Gasteiger partial charge in [0.05, 0.1) is 23.1 Å². The lowest BCUT2D eigenvalue weighted by atomic mass is 9.98. The summed E-state index contributed by atoms with van der Waals surface area (Å²) in [6.45, 7) is 0.309. The molecule has 1 heterocycles. The molecule has 4 aromatic carbocycles. The first kappa shape index (κ1) is 30.0. The van der Waals surface area contributed by atoms with Crippen molar-refractivity contribution in [1.29, 1.82) is 0 Å². The molecule has 0 radical (unpaired) electrons. The van der Waals surface area contributed by atoms with Crippen molar-refractivity contribution in [3.63, 3.8) is 0 Å². The summed E-state index contributed by atoms with van der Waals surface area (Å²) in [5.74, 6) is -0.764. The fourth-order valence-electron chi connectivity index (χ4n) is 4.61. The van der Waals surface area contributed by atoms with Crippen molar-refractivity contribution in [3.8, 4) is 22.4 Å². The minimum Gasteiger partial charge on any atom is -0.376 e. The highest BCUT2D eigenvalue weighted by Crippen LogP contribution is 2.32. The van der Waals surface area contributed by atoms with Crippen LogP contribution in [0.3, 0.4) is 0 Å². The van der Waals surface area contributed by atoms with Crippen molar-refractivity contribution < 1.29 is 22.8 Å². The first-order valence-corrected chi connectivity index (χ1v) is 13.8. The zero-order chi connectivity index (χ0) is 31.3. The minimum absolute atomic E-state index is 0.286. The van der Waals surface area contributed by atoms with E-state index in [-0.39, 0.29) is 11.5 Å². The number of halogens is 3. The van der Waals surface area contributed by atoms with E-state index >= 15 is 0 Å². The number of amides is 2. The maximum absolute atomic E-state index is 13.2. The van der Waals surface area contributed by atoms with Gasteiger partial charge in [-0.3, -0.25) is 14.6 Å². The molecule has 5 rings (SSSR count). The molecule has 0 saturated carbocycles. The Labute approximate surface area is 253 Å². The molecule has 0 aliphatic carbocycles. The van der Waals surface area contributed by atoms with Gasteiger partial charge >= 0.3 is 6.18 Å². The van der Waals surface area contributed by atoms with Gasteiger partial charge in [0, 0.05) is 43.0 Å². The molecule has 0 spiro atoms. The van der Waals surface area contributed by atoms with Gasteiger partial charge in [-0.05, 0) is 65.2 Å². The van der Waals surface area contributed by atoms with E-state index in [1.807, 2.05) is 61.6 Å². The van der Waals surface area contributed by atoms with E-state index in [1.54, 1.807) is 48.5 Å². The Morgan fingerprint density at radius 2 is 1.48 bits per heavy atom. The van der Waals surface area contributed by atoms with E-state index < -0.39 is 17.6 Å². The molecule has 0 aliphatic heterocycles. The number of alkyl halides is 3. The maximum atomic E-state index is 13.2. The summed E-state index contributed by atoms with van der Waals surface area (Å²) in [5.41, 5.74) is 5.00. The topological polar surface area (TPSA) is 74.3 Å². The molecule has 0 fully saturated rings. The fourth-order valence-corrected chi connectivity index (χ4v) is 4.61. The third-order valence-electron chi connectivity index (χ3n) is 7.04. The molecule has 2 N–H and O–H groups in total. The standard InChI is InChI=1S/C35H29F3N4O2/c1-42(2)29-18-19-32(39-22-29)25-12-10-23(11-13-25)21-40-33(43)26-6-5-7-28(20-26)41-34(44)31-9-4-3-8-30(31)24-14-16-27(17-15-24)35(36,37)38/h3-20,22H,21H2,1-2H3,(H,40,43)(H,41,44). The Balaban J connectivity index is 1.22. The van der Waals surface area contributed by atoms with E-state index in [1.165, 1.54) is 12.1 Å². The van der Waals surface area contributed by atoms with Crippen LogP contribution in [-0.2, 0) is 12.7 Å². The average Bonchev–Trinajstić information content (AvgIpc) is 3.03. The molecule has 2 amide bonds. The Morgan fingerprint density at radius 3 is 2.14 bits per heavy atom. The van der Waals surface area contributed by atoms with Gasteiger partial charge in [0.1, 0.15) is 0 Å². The minimum atomic E-state index is -4.45. The molecule has 0 bridgehead atoms. The number of carbonyl (C=O) groups excluding carboxylic acids is 2. The fraction of sp³-hybridized carbons (Fsp3) is 0.114. The molecule has 0 aliphatic rings. The highest BCUT2D eigenvalue weighted by Gasteiger charge is 2.30. The predicted molar refractivity (Wildman–Crippen MR) is 166 cm³/mol. The maximum Gasteiger partial charge on any atom is 0.416 e. The summed E-state index contributed by atoms with van der Waals surface area (Å²) in [6.07, 6.45) is -2.63. The molecule has 222 valence electrons. The van der Waals surface area contributed by atoms with Gasteiger partial charge in [-0.2, -0.15) is 13.2 Å². The third-order valence-corrected chi connectivity index (χ3v) is 7.04. The van der Waals surface area contributed by atoms with Crippen LogP contribution in [-0.4, -0.2) is 30.9 Å². The van der Waals surface area contributed by atoms with Gasteiger partial charge in [-0.15, -0.1) is 0 Å². The van der Waals surface area contributed by atoms with E-state index in [0.29, 0.717) is 28.9 Å². The highest BCUT2D eigenvalue weighted by atomic mass is 19.4. The van der Waals surface area contributed by atoms with Crippen molar-refractivity contribution in [1.82, 2.24) is 10.3 Å². The molecule has 0 unspecified atom stereocenters. The van der Waals surface area contributed by atoms with Gasteiger partial charge in [0.2, 0.25) is 0 Å². The van der Waals surface area contributed by atoms with Crippen LogP contribution < -0.4 is 15.5 Å². The molecule has 9 heteroatoms. The van der Waals surface area contributed by atoms with Crippen LogP contribution in [0.25, 0.3) is 22.4 Å². The van der Waals surface area contributed by atoms with Gasteiger partial charge in [0.25, 0.3) is 11.8 Å². The van der Waals surface area contributed by atoms with Gasteiger partial charge in [-0.25, -0.2) is 0 Å². The summed E-state index contributed by atoms with van der Waals surface area (Å²) in [4.78, 5) is 32.6. The van der Waals surface area contributed by atoms with Crippen LogP contribution in [0.15, 0.2) is 115 Å². The van der Waals surface area contributed by atoms with Crippen molar-refractivity contribution >= 4 is 23.2 Å². The number of nitrogens with zero attached hydrogens (tertiary/aromatic N) is 2. The molecule has 44 heavy (non-hydrogen) atoms. The summed E-state index contributed by atoms with van der Waals surface area (Å²) >= 11 is 0. The van der Waals surface area contributed by atoms with Crippen LogP contribution in [0.1, 0.15) is 31.8 Å². The molecular weight excluding hydrogens is 565 g/mol. The smallest absolute Gasteiger partial charge is 0.376 e. The second kappa shape index (κ2) is 12.8. The number of nitrogens with one attached hydrogen (secondary N) is 2. The lowest BCUT2D eigenvalue weighted by Gasteiger charge is -2.13. The predicted octanol–water partition coefficient (Wildman–Crippen LogP) is 7.68. The largest absolute Gasteiger partial charge is 0.416 e. The van der Waals surface area contributed by atoms with E-state index in [2.05, 4.69) is 15.6 Å². The number of pyridine rings is 1. The van der Waals surface area contributed by atoms with Crippen molar-refractivity contribution in [2.75, 3.05) is 24.3 Å². The zero-order valence-corrected chi connectivity index (χ0v) is 24.0. The Morgan fingerprint density at radius 1 is 0.773 bits per heavy atom. The summed E-state index contributed by atoms with van der Waals surface area (Å²) < 4.78 is 39.0. The van der Waals surface area contributed by atoms with Gasteiger partial charge in [-0.1, -0.05) is 60.7 Å². The number of carbonyl (C=O) groups is 2. The SMILES string of the molecule is CN(C)c1ccc(-c2ccc(CNC(=O)c3cccc(NC(=O)c4ccccc4-c4ccc(C(F)(F)F)cc4)c3)cc2)nc1. The zero-order valence-electron chi connectivity index (χ0n) is 24.0. The summed E-state index contributed by atoms with van der Waals surface area (Å²) in [7, 11) is 3.92. The third kappa shape index (κ3) is 7.12. The lowest BCUT2D eigenvalue weighted by molar-refractivity contribution is -0.137. The van der Waals surface area contributed by atoms with Crippen LogP contribution >= 0.6 is 0 Å². The molecule has 5 aromatic rings. The summed E-state index contributed by atoms with van der Waals surface area (Å²) in [6, 6.07) is 29.6. The number of hydrogen-bond donors (Lipinski definition) is 2. The number of hydrogen-bond acceptors (Lipinski definition) is 4. The number of aromatic nitrogens is 1. The molecule has 1 aromatic heterocycles. The molecule has 0 saturated heterocycles. The van der Waals surface area contributed by atoms with Crippen molar-refractivity contribution in [2.45, 2.75) is 12.7 Å².